The van der Waals surface area contributed by atoms with Crippen molar-refractivity contribution in [3.63, 3.8) is 0 Å². The number of rotatable bonds is 8. The third-order valence-electron chi connectivity index (χ3n) is 5.04. The molecule has 0 saturated heterocycles. The molecule has 1 atom stereocenters. The van der Waals surface area contributed by atoms with Gasteiger partial charge in [-0.1, -0.05) is 48.5 Å². The van der Waals surface area contributed by atoms with E-state index in [-0.39, 0.29) is 36.9 Å². The first-order valence-electron chi connectivity index (χ1n) is 10.3. The van der Waals surface area contributed by atoms with Gasteiger partial charge in [0.1, 0.15) is 12.4 Å². The minimum atomic E-state index is -0.383. The molecule has 1 N–H and O–H groups in total. The van der Waals surface area contributed by atoms with Crippen molar-refractivity contribution in [1.82, 2.24) is 15.2 Å². The highest BCUT2D eigenvalue weighted by Crippen LogP contribution is 2.33. The highest BCUT2D eigenvalue weighted by atomic mass is 19.1. The molecule has 1 aliphatic rings. The Bertz CT molecular complexity index is 935. The van der Waals surface area contributed by atoms with Gasteiger partial charge in [0.25, 0.3) is 5.91 Å². The molecule has 0 aromatic heterocycles. The number of hydrazone groups is 1. The van der Waals surface area contributed by atoms with Crippen LogP contribution in [-0.2, 0) is 9.53 Å². The lowest BCUT2D eigenvalue weighted by molar-refractivity contribution is -0.133. The largest absolute Gasteiger partial charge is 0.383 e. The van der Waals surface area contributed by atoms with E-state index in [4.69, 9.17) is 4.74 Å². The van der Waals surface area contributed by atoms with E-state index < -0.39 is 0 Å². The van der Waals surface area contributed by atoms with Crippen molar-refractivity contribution in [3.05, 3.63) is 71.5 Å². The summed E-state index contributed by atoms with van der Waals surface area (Å²) in [4.78, 5) is 27.0. The van der Waals surface area contributed by atoms with E-state index in [0.717, 1.165) is 5.56 Å². The average molecular weight is 426 g/mol. The summed E-state index contributed by atoms with van der Waals surface area (Å²) in [5, 5.41) is 8.57. The van der Waals surface area contributed by atoms with E-state index in [9.17, 15) is 14.0 Å². The molecular weight excluding hydrogens is 399 g/mol. The standard InChI is InChI=1S/C23H27FN4O3/c1-3-25-23(30)27(13-14-31-2)16-22(29)28-21(17-9-5-4-6-10-17)15-20(26-28)18-11-7-8-12-19(18)24/h4-12,21H,3,13-16H2,1-2H3,(H,25,30). The minimum Gasteiger partial charge on any atom is -0.383 e. The predicted octanol–water partition coefficient (Wildman–Crippen LogP) is 3.18. The summed E-state index contributed by atoms with van der Waals surface area (Å²) in [6, 6.07) is 15.2. The second-order valence-corrected chi connectivity index (χ2v) is 7.15. The highest BCUT2D eigenvalue weighted by Gasteiger charge is 2.34. The fourth-order valence-corrected chi connectivity index (χ4v) is 3.49. The fourth-order valence-electron chi connectivity index (χ4n) is 3.49. The molecule has 31 heavy (non-hydrogen) atoms. The summed E-state index contributed by atoms with van der Waals surface area (Å²) in [5.41, 5.74) is 1.77. The van der Waals surface area contributed by atoms with Crippen LogP contribution in [0.2, 0.25) is 0 Å². The van der Waals surface area contributed by atoms with Crippen molar-refractivity contribution in [2.24, 2.45) is 5.10 Å². The van der Waals surface area contributed by atoms with Crippen molar-refractivity contribution < 1.29 is 18.7 Å². The van der Waals surface area contributed by atoms with Gasteiger partial charge in [-0.3, -0.25) is 4.79 Å². The number of urea groups is 1. The summed E-state index contributed by atoms with van der Waals surface area (Å²) >= 11 is 0. The third-order valence-corrected chi connectivity index (χ3v) is 5.04. The Morgan fingerprint density at radius 1 is 1.19 bits per heavy atom. The number of nitrogens with one attached hydrogen (secondary N) is 1. The van der Waals surface area contributed by atoms with Gasteiger partial charge < -0.3 is 15.0 Å². The van der Waals surface area contributed by atoms with Crippen molar-refractivity contribution in [1.29, 1.82) is 0 Å². The van der Waals surface area contributed by atoms with Gasteiger partial charge in [-0.2, -0.15) is 5.10 Å². The molecule has 0 spiro atoms. The van der Waals surface area contributed by atoms with Gasteiger partial charge in [0, 0.05) is 32.2 Å². The van der Waals surface area contributed by atoms with Crippen LogP contribution in [0.15, 0.2) is 59.7 Å². The molecule has 3 rings (SSSR count). The van der Waals surface area contributed by atoms with Gasteiger partial charge in [0.2, 0.25) is 0 Å². The summed E-state index contributed by atoms with van der Waals surface area (Å²) in [6.07, 6.45) is 0.385. The third kappa shape index (κ3) is 5.46. The normalized spacial score (nSPS) is 15.5. The number of carbonyl (C=O) groups excluding carboxylic acids is 2. The minimum absolute atomic E-state index is 0.160. The molecule has 0 saturated carbocycles. The predicted molar refractivity (Wildman–Crippen MR) is 116 cm³/mol. The van der Waals surface area contributed by atoms with Crippen LogP contribution in [0, 0.1) is 5.82 Å². The lowest BCUT2D eigenvalue weighted by Crippen LogP contribution is -2.47. The summed E-state index contributed by atoms with van der Waals surface area (Å²) < 4.78 is 19.5. The Morgan fingerprint density at radius 2 is 1.90 bits per heavy atom. The number of amides is 3. The summed E-state index contributed by atoms with van der Waals surface area (Å²) in [7, 11) is 1.54. The Kier molecular flexibility index (Phi) is 7.72. The maximum Gasteiger partial charge on any atom is 0.317 e. The van der Waals surface area contributed by atoms with Gasteiger partial charge >= 0.3 is 6.03 Å². The number of benzene rings is 2. The van der Waals surface area contributed by atoms with E-state index in [1.807, 2.05) is 37.3 Å². The van der Waals surface area contributed by atoms with E-state index in [2.05, 4.69) is 10.4 Å². The lowest BCUT2D eigenvalue weighted by Gasteiger charge is -2.27. The zero-order valence-corrected chi connectivity index (χ0v) is 17.8. The molecule has 0 fully saturated rings. The zero-order valence-electron chi connectivity index (χ0n) is 17.8. The summed E-state index contributed by atoms with van der Waals surface area (Å²) in [6.45, 7) is 2.66. The van der Waals surface area contributed by atoms with Crippen LogP contribution in [0.3, 0.4) is 0 Å². The van der Waals surface area contributed by atoms with E-state index in [1.54, 1.807) is 18.2 Å². The van der Waals surface area contributed by atoms with Crippen molar-refractivity contribution in [2.45, 2.75) is 19.4 Å². The second-order valence-electron chi connectivity index (χ2n) is 7.15. The summed E-state index contributed by atoms with van der Waals surface area (Å²) in [5.74, 6) is -0.728. The molecule has 1 unspecified atom stereocenters. The van der Waals surface area contributed by atoms with Crippen molar-refractivity contribution in [3.8, 4) is 0 Å². The number of hydrogen-bond acceptors (Lipinski definition) is 4. The topological polar surface area (TPSA) is 74.2 Å². The number of methoxy groups -OCH3 is 1. The highest BCUT2D eigenvalue weighted by molar-refractivity contribution is 6.03. The molecule has 8 heteroatoms. The van der Waals surface area contributed by atoms with Gasteiger partial charge in [-0.05, 0) is 18.6 Å². The number of halogens is 1. The zero-order chi connectivity index (χ0) is 22.2. The van der Waals surface area contributed by atoms with Gasteiger partial charge in [-0.15, -0.1) is 0 Å². The first-order chi connectivity index (χ1) is 15.0. The molecule has 164 valence electrons. The molecule has 0 aliphatic carbocycles. The van der Waals surface area contributed by atoms with Crippen LogP contribution in [0.1, 0.15) is 30.5 Å². The first kappa shape index (κ1) is 22.4. The second kappa shape index (κ2) is 10.7. The monoisotopic (exact) mass is 426 g/mol. The Labute approximate surface area is 181 Å². The van der Waals surface area contributed by atoms with Crippen molar-refractivity contribution >= 4 is 17.6 Å². The van der Waals surface area contributed by atoms with Crippen LogP contribution >= 0.6 is 0 Å². The maximum absolute atomic E-state index is 14.4. The van der Waals surface area contributed by atoms with Crippen LogP contribution in [0.25, 0.3) is 0 Å². The SMILES string of the molecule is CCNC(=O)N(CCOC)CC(=O)N1N=C(c2ccccc2F)CC1c1ccccc1. The smallest absolute Gasteiger partial charge is 0.317 e. The molecule has 1 heterocycles. The number of hydrogen-bond donors (Lipinski definition) is 1. The molecule has 0 bridgehead atoms. The molecule has 0 radical (unpaired) electrons. The molecule has 1 aliphatic heterocycles. The molecule has 2 aromatic rings. The van der Waals surface area contributed by atoms with Crippen LogP contribution in [0.5, 0.6) is 0 Å². The molecule has 7 nitrogen and oxygen atoms in total. The van der Waals surface area contributed by atoms with Gasteiger partial charge in [-0.25, -0.2) is 14.2 Å². The Balaban J connectivity index is 1.88. The van der Waals surface area contributed by atoms with Crippen molar-refractivity contribution in [2.75, 3.05) is 33.4 Å². The van der Waals surface area contributed by atoms with E-state index >= 15 is 0 Å². The maximum atomic E-state index is 14.4. The Hall–Kier alpha value is -3.26. The number of nitrogens with zero attached hydrogens (tertiary/aromatic N) is 3. The molecule has 3 amide bonds. The molecule has 2 aromatic carbocycles. The van der Waals surface area contributed by atoms with E-state index in [0.29, 0.717) is 30.8 Å². The number of ether oxygens (including phenoxy) is 1. The first-order valence-corrected chi connectivity index (χ1v) is 10.3. The Morgan fingerprint density at radius 3 is 2.58 bits per heavy atom. The number of carbonyl (C=O) groups is 2. The van der Waals surface area contributed by atoms with Gasteiger partial charge in [0.05, 0.1) is 18.4 Å². The molecular formula is C23H27FN4O3. The van der Waals surface area contributed by atoms with Crippen LogP contribution in [0.4, 0.5) is 9.18 Å². The quantitative estimate of drug-likeness (QED) is 0.705. The fraction of sp³-hybridized carbons (Fsp3) is 0.348. The average Bonchev–Trinajstić information content (AvgIpc) is 3.23. The van der Waals surface area contributed by atoms with Crippen LogP contribution < -0.4 is 5.32 Å². The van der Waals surface area contributed by atoms with Crippen LogP contribution in [-0.4, -0.2) is 60.9 Å². The van der Waals surface area contributed by atoms with E-state index in [1.165, 1.54) is 23.1 Å². The lowest BCUT2D eigenvalue weighted by atomic mass is 9.98. The van der Waals surface area contributed by atoms with Gasteiger partial charge in [0.15, 0.2) is 0 Å².